The monoisotopic (exact) mass is 331 g/mol. The van der Waals surface area contributed by atoms with Gasteiger partial charge in [0.2, 0.25) is 0 Å². The molecule has 4 rings (SSSR count). The summed E-state index contributed by atoms with van der Waals surface area (Å²) in [6.45, 7) is 0. The Balaban J connectivity index is 1.54. The molecule has 0 saturated heterocycles. The van der Waals surface area contributed by atoms with Gasteiger partial charge in [0.25, 0.3) is 5.91 Å². The van der Waals surface area contributed by atoms with Gasteiger partial charge in [-0.2, -0.15) is 0 Å². The molecule has 1 amide bonds. The third-order valence-corrected chi connectivity index (χ3v) is 3.91. The average molecular weight is 331 g/mol. The molecule has 4 nitrogen and oxygen atoms in total. The summed E-state index contributed by atoms with van der Waals surface area (Å²) in [7, 11) is 0. The van der Waals surface area contributed by atoms with E-state index < -0.39 is 0 Å². The van der Waals surface area contributed by atoms with E-state index in [1.165, 1.54) is 24.3 Å². The molecule has 0 aliphatic rings. The molecule has 0 fully saturated rings. The van der Waals surface area contributed by atoms with Gasteiger partial charge in [0.1, 0.15) is 11.6 Å². The van der Waals surface area contributed by atoms with Gasteiger partial charge in [-0.25, -0.2) is 9.37 Å². The first-order valence-electron chi connectivity index (χ1n) is 7.81. The molecule has 5 heteroatoms. The number of carbonyl (C=O) groups excluding carboxylic acids is 1. The van der Waals surface area contributed by atoms with Crippen molar-refractivity contribution < 1.29 is 9.18 Å². The quantitative estimate of drug-likeness (QED) is 0.575. The fraction of sp³-hybridized carbons (Fsp3) is 0. The first-order chi connectivity index (χ1) is 12.2. The summed E-state index contributed by atoms with van der Waals surface area (Å²) < 4.78 is 12.9. The predicted octanol–water partition coefficient (Wildman–Crippen LogP) is 4.62. The SMILES string of the molecule is O=C(Nc1ccc(F)cc1)c1ccc(-c2nc3ccccc3[nH]2)cc1. The number of benzene rings is 3. The molecule has 4 aromatic rings. The van der Waals surface area contributed by atoms with Crippen LogP contribution in [0.4, 0.5) is 10.1 Å². The molecular weight excluding hydrogens is 317 g/mol. The van der Waals surface area contributed by atoms with Gasteiger partial charge in [0.15, 0.2) is 0 Å². The van der Waals surface area contributed by atoms with Crippen molar-refractivity contribution in [3.8, 4) is 11.4 Å². The van der Waals surface area contributed by atoms with E-state index >= 15 is 0 Å². The van der Waals surface area contributed by atoms with E-state index in [4.69, 9.17) is 0 Å². The number of imidazole rings is 1. The van der Waals surface area contributed by atoms with Crippen LogP contribution < -0.4 is 5.32 Å². The molecule has 0 radical (unpaired) electrons. The zero-order valence-electron chi connectivity index (χ0n) is 13.2. The average Bonchev–Trinajstić information content (AvgIpc) is 3.08. The van der Waals surface area contributed by atoms with Gasteiger partial charge in [0, 0.05) is 16.8 Å². The Morgan fingerprint density at radius 2 is 1.64 bits per heavy atom. The molecule has 1 heterocycles. The summed E-state index contributed by atoms with van der Waals surface area (Å²) in [6, 6.07) is 20.6. The molecule has 122 valence electrons. The number of amides is 1. The van der Waals surface area contributed by atoms with Gasteiger partial charge in [-0.1, -0.05) is 24.3 Å². The number of rotatable bonds is 3. The summed E-state index contributed by atoms with van der Waals surface area (Å²) >= 11 is 0. The topological polar surface area (TPSA) is 57.8 Å². The Morgan fingerprint density at radius 3 is 2.36 bits per heavy atom. The third kappa shape index (κ3) is 3.12. The van der Waals surface area contributed by atoms with E-state index in [9.17, 15) is 9.18 Å². The highest BCUT2D eigenvalue weighted by Crippen LogP contribution is 2.21. The standard InChI is InChI=1S/C20H14FN3O/c21-15-9-11-16(12-10-15)22-20(25)14-7-5-13(6-8-14)19-23-17-3-1-2-4-18(17)24-19/h1-12H,(H,22,25)(H,23,24). The molecule has 0 spiro atoms. The maximum absolute atomic E-state index is 12.9. The molecule has 0 saturated carbocycles. The summed E-state index contributed by atoms with van der Waals surface area (Å²) in [5.41, 5.74) is 3.83. The molecule has 0 atom stereocenters. The lowest BCUT2D eigenvalue weighted by Crippen LogP contribution is -2.11. The molecular formula is C20H14FN3O. The maximum Gasteiger partial charge on any atom is 0.255 e. The Morgan fingerprint density at radius 1 is 0.920 bits per heavy atom. The fourth-order valence-corrected chi connectivity index (χ4v) is 2.61. The number of anilines is 1. The largest absolute Gasteiger partial charge is 0.338 e. The minimum Gasteiger partial charge on any atom is -0.338 e. The highest BCUT2D eigenvalue weighted by molar-refractivity contribution is 6.04. The lowest BCUT2D eigenvalue weighted by molar-refractivity contribution is 0.102. The second-order valence-corrected chi connectivity index (χ2v) is 5.64. The van der Waals surface area contributed by atoms with Crippen LogP contribution in [0.25, 0.3) is 22.4 Å². The van der Waals surface area contributed by atoms with E-state index in [1.807, 2.05) is 36.4 Å². The first-order valence-corrected chi connectivity index (χ1v) is 7.81. The van der Waals surface area contributed by atoms with Crippen molar-refractivity contribution >= 4 is 22.6 Å². The van der Waals surface area contributed by atoms with E-state index in [2.05, 4.69) is 15.3 Å². The second-order valence-electron chi connectivity index (χ2n) is 5.64. The number of H-pyrrole nitrogens is 1. The summed E-state index contributed by atoms with van der Waals surface area (Å²) in [4.78, 5) is 20.1. The van der Waals surface area contributed by atoms with Crippen LogP contribution in [0.3, 0.4) is 0 Å². The van der Waals surface area contributed by atoms with Crippen LogP contribution in [0.2, 0.25) is 0 Å². The van der Waals surface area contributed by atoms with Crippen molar-refractivity contribution in [3.63, 3.8) is 0 Å². The number of carbonyl (C=O) groups is 1. The number of hydrogen-bond donors (Lipinski definition) is 2. The van der Waals surface area contributed by atoms with Crippen molar-refractivity contribution in [2.24, 2.45) is 0 Å². The zero-order chi connectivity index (χ0) is 17.2. The first kappa shape index (κ1) is 15.1. The number of hydrogen-bond acceptors (Lipinski definition) is 2. The van der Waals surface area contributed by atoms with Crippen molar-refractivity contribution in [2.75, 3.05) is 5.32 Å². The third-order valence-electron chi connectivity index (χ3n) is 3.91. The molecule has 3 aromatic carbocycles. The van der Waals surface area contributed by atoms with Gasteiger partial charge in [-0.15, -0.1) is 0 Å². The summed E-state index contributed by atoms with van der Waals surface area (Å²) in [5, 5.41) is 2.74. The summed E-state index contributed by atoms with van der Waals surface area (Å²) in [5.74, 6) is 0.169. The molecule has 0 bridgehead atoms. The smallest absolute Gasteiger partial charge is 0.255 e. The number of aromatic nitrogens is 2. The number of fused-ring (bicyclic) bond motifs is 1. The highest BCUT2D eigenvalue weighted by atomic mass is 19.1. The lowest BCUT2D eigenvalue weighted by atomic mass is 10.1. The van der Waals surface area contributed by atoms with Crippen LogP contribution >= 0.6 is 0 Å². The number of nitrogens with zero attached hydrogens (tertiary/aromatic N) is 1. The molecule has 0 unspecified atom stereocenters. The fourth-order valence-electron chi connectivity index (χ4n) is 2.61. The maximum atomic E-state index is 12.9. The predicted molar refractivity (Wildman–Crippen MR) is 95.9 cm³/mol. The molecule has 0 aliphatic carbocycles. The minimum atomic E-state index is -0.340. The number of para-hydroxylation sites is 2. The van der Waals surface area contributed by atoms with E-state index in [-0.39, 0.29) is 11.7 Å². The van der Waals surface area contributed by atoms with Gasteiger partial charge in [-0.05, 0) is 48.5 Å². The van der Waals surface area contributed by atoms with Crippen LogP contribution in [-0.2, 0) is 0 Å². The Labute approximate surface area is 143 Å². The molecule has 0 aliphatic heterocycles. The lowest BCUT2D eigenvalue weighted by Gasteiger charge is -2.05. The molecule has 2 N–H and O–H groups in total. The van der Waals surface area contributed by atoms with Crippen molar-refractivity contribution in [1.82, 2.24) is 9.97 Å². The van der Waals surface area contributed by atoms with Crippen molar-refractivity contribution in [1.29, 1.82) is 0 Å². The van der Waals surface area contributed by atoms with Crippen LogP contribution in [0.15, 0.2) is 72.8 Å². The molecule has 1 aromatic heterocycles. The number of aromatic amines is 1. The van der Waals surface area contributed by atoms with Crippen LogP contribution in [0.1, 0.15) is 10.4 Å². The van der Waals surface area contributed by atoms with Crippen molar-refractivity contribution in [3.05, 3.63) is 84.2 Å². The highest BCUT2D eigenvalue weighted by Gasteiger charge is 2.09. The van der Waals surface area contributed by atoms with Crippen LogP contribution in [0, 0.1) is 5.82 Å². The zero-order valence-corrected chi connectivity index (χ0v) is 13.2. The Kier molecular flexibility index (Phi) is 3.74. The normalized spacial score (nSPS) is 10.8. The van der Waals surface area contributed by atoms with Gasteiger partial charge in [0.05, 0.1) is 11.0 Å². The van der Waals surface area contributed by atoms with Crippen LogP contribution in [0.5, 0.6) is 0 Å². The van der Waals surface area contributed by atoms with E-state index in [0.717, 1.165) is 22.4 Å². The molecule has 25 heavy (non-hydrogen) atoms. The Hall–Kier alpha value is -3.47. The van der Waals surface area contributed by atoms with E-state index in [0.29, 0.717) is 11.3 Å². The van der Waals surface area contributed by atoms with Gasteiger partial charge in [-0.3, -0.25) is 4.79 Å². The van der Waals surface area contributed by atoms with E-state index in [1.54, 1.807) is 12.1 Å². The van der Waals surface area contributed by atoms with Crippen molar-refractivity contribution in [2.45, 2.75) is 0 Å². The summed E-state index contributed by atoms with van der Waals surface area (Å²) in [6.07, 6.45) is 0. The number of nitrogens with one attached hydrogen (secondary N) is 2. The Bertz CT molecular complexity index is 1000. The minimum absolute atomic E-state index is 0.247. The number of halogens is 1. The van der Waals surface area contributed by atoms with Gasteiger partial charge >= 0.3 is 0 Å². The van der Waals surface area contributed by atoms with Gasteiger partial charge < -0.3 is 10.3 Å². The second kappa shape index (κ2) is 6.20. The van der Waals surface area contributed by atoms with Crippen LogP contribution in [-0.4, -0.2) is 15.9 Å².